The fourth-order valence-electron chi connectivity index (χ4n) is 1.92. The Balaban J connectivity index is 2.24. The number of benzene rings is 1. The number of nitrogens with zero attached hydrogens (tertiary/aromatic N) is 3. The van der Waals surface area contributed by atoms with Gasteiger partial charge in [0.1, 0.15) is 11.6 Å². The monoisotopic (exact) mass is 276 g/mol. The van der Waals surface area contributed by atoms with Crippen LogP contribution in [0.15, 0.2) is 29.1 Å². The third-order valence-corrected chi connectivity index (χ3v) is 3.02. The summed E-state index contributed by atoms with van der Waals surface area (Å²) in [6.07, 6.45) is 0. The van der Waals surface area contributed by atoms with Crippen LogP contribution in [0.25, 0.3) is 10.9 Å². The summed E-state index contributed by atoms with van der Waals surface area (Å²) >= 11 is 0. The molecule has 1 atom stereocenters. The normalized spacial score (nSPS) is 12.8. The average molecular weight is 276 g/mol. The molecular formula is C13H16N4O3. The molecule has 0 saturated heterocycles. The number of fused-ring (bicyclic) bond motifs is 1. The molecule has 7 heteroatoms. The van der Waals surface area contributed by atoms with Gasteiger partial charge in [-0.25, -0.2) is 0 Å². The van der Waals surface area contributed by atoms with Crippen molar-refractivity contribution in [2.45, 2.75) is 26.6 Å². The Labute approximate surface area is 115 Å². The maximum Gasteiger partial charge on any atom is 0.321 e. The number of carboxylic acid groups (broad SMARTS) is 1. The van der Waals surface area contributed by atoms with Crippen LogP contribution in [0.1, 0.15) is 13.8 Å². The smallest absolute Gasteiger partial charge is 0.321 e. The Morgan fingerprint density at radius 3 is 2.75 bits per heavy atom. The Hall–Kier alpha value is -2.28. The Morgan fingerprint density at radius 1 is 1.40 bits per heavy atom. The molecule has 20 heavy (non-hydrogen) atoms. The predicted molar refractivity (Wildman–Crippen MR) is 73.2 cm³/mol. The van der Waals surface area contributed by atoms with Crippen LogP contribution in [0.3, 0.4) is 0 Å². The highest BCUT2D eigenvalue weighted by atomic mass is 16.4. The summed E-state index contributed by atoms with van der Waals surface area (Å²) in [7, 11) is 0. The van der Waals surface area contributed by atoms with Gasteiger partial charge in [0.2, 0.25) is 0 Å². The van der Waals surface area contributed by atoms with E-state index in [4.69, 9.17) is 5.11 Å². The molecule has 0 amide bonds. The molecule has 2 aromatic rings. The lowest BCUT2D eigenvalue weighted by atomic mass is 10.1. The number of aromatic nitrogens is 3. The van der Waals surface area contributed by atoms with Gasteiger partial charge in [0.25, 0.3) is 5.56 Å². The fourth-order valence-corrected chi connectivity index (χ4v) is 1.92. The highest BCUT2D eigenvalue weighted by molar-refractivity contribution is 5.76. The highest BCUT2D eigenvalue weighted by Gasteiger charge is 2.20. The van der Waals surface area contributed by atoms with Crippen molar-refractivity contribution in [3.05, 3.63) is 34.6 Å². The van der Waals surface area contributed by atoms with Gasteiger partial charge in [-0.2, -0.15) is 4.68 Å². The van der Waals surface area contributed by atoms with Gasteiger partial charge in [0, 0.05) is 0 Å². The van der Waals surface area contributed by atoms with Crippen molar-refractivity contribution in [1.29, 1.82) is 0 Å². The molecule has 0 saturated carbocycles. The van der Waals surface area contributed by atoms with Crippen LogP contribution >= 0.6 is 0 Å². The topological polar surface area (TPSA) is 97.1 Å². The zero-order chi connectivity index (χ0) is 14.7. The van der Waals surface area contributed by atoms with Gasteiger partial charge in [-0.05, 0) is 18.1 Å². The molecule has 0 bridgehead atoms. The molecule has 7 nitrogen and oxygen atoms in total. The minimum atomic E-state index is -0.957. The molecular weight excluding hydrogens is 260 g/mol. The highest BCUT2D eigenvalue weighted by Crippen LogP contribution is 2.04. The van der Waals surface area contributed by atoms with Crippen LogP contribution in [0, 0.1) is 5.92 Å². The van der Waals surface area contributed by atoms with Crippen LogP contribution in [-0.4, -0.2) is 32.1 Å². The lowest BCUT2D eigenvalue weighted by molar-refractivity contribution is -0.140. The van der Waals surface area contributed by atoms with E-state index in [1.54, 1.807) is 38.1 Å². The van der Waals surface area contributed by atoms with E-state index in [-0.39, 0.29) is 18.1 Å². The van der Waals surface area contributed by atoms with Gasteiger partial charge in [-0.3, -0.25) is 14.9 Å². The zero-order valence-electron chi connectivity index (χ0n) is 11.3. The van der Waals surface area contributed by atoms with Crippen molar-refractivity contribution in [3.8, 4) is 0 Å². The minimum Gasteiger partial charge on any atom is -0.480 e. The van der Waals surface area contributed by atoms with Gasteiger partial charge in [0.15, 0.2) is 0 Å². The number of hydrogen-bond acceptors (Lipinski definition) is 5. The van der Waals surface area contributed by atoms with Gasteiger partial charge in [0.05, 0.1) is 12.1 Å². The number of nitrogens with one attached hydrogen (secondary N) is 1. The summed E-state index contributed by atoms with van der Waals surface area (Å²) in [6.45, 7) is 3.59. The van der Waals surface area contributed by atoms with E-state index in [2.05, 4.69) is 15.6 Å². The van der Waals surface area contributed by atoms with E-state index in [0.29, 0.717) is 10.9 Å². The zero-order valence-corrected chi connectivity index (χ0v) is 11.3. The number of rotatable bonds is 5. The molecule has 106 valence electrons. The maximum atomic E-state index is 12.2. The molecule has 1 heterocycles. The number of hydrogen-bond donors (Lipinski definition) is 2. The van der Waals surface area contributed by atoms with E-state index < -0.39 is 12.0 Å². The molecule has 0 radical (unpaired) electrons. The first kappa shape index (κ1) is 14.1. The van der Waals surface area contributed by atoms with Gasteiger partial charge >= 0.3 is 5.97 Å². The summed E-state index contributed by atoms with van der Waals surface area (Å²) in [5.74, 6) is -1.06. The summed E-state index contributed by atoms with van der Waals surface area (Å²) in [4.78, 5) is 23.2. The largest absolute Gasteiger partial charge is 0.480 e. The van der Waals surface area contributed by atoms with Crippen LogP contribution < -0.4 is 10.9 Å². The fraction of sp³-hybridized carbons (Fsp3) is 0.385. The first-order chi connectivity index (χ1) is 9.50. The lowest BCUT2D eigenvalue weighted by Crippen LogP contribution is -2.44. The summed E-state index contributed by atoms with van der Waals surface area (Å²) in [5.41, 5.74) is 0.225. The van der Waals surface area contributed by atoms with Crippen LogP contribution in [0.5, 0.6) is 0 Å². The summed E-state index contributed by atoms with van der Waals surface area (Å²) < 4.78 is 1.13. The predicted octanol–water partition coefficient (Wildman–Crippen LogP) is 0.448. The molecule has 2 rings (SSSR count). The minimum absolute atomic E-state index is 0.00577. The Kier molecular flexibility index (Phi) is 4.09. The van der Waals surface area contributed by atoms with Crippen molar-refractivity contribution in [3.63, 3.8) is 0 Å². The number of carbonyl (C=O) groups is 1. The number of aliphatic carboxylic acids is 1. The van der Waals surface area contributed by atoms with E-state index in [1.165, 1.54) is 0 Å². The van der Waals surface area contributed by atoms with Crippen molar-refractivity contribution in [2.24, 2.45) is 5.92 Å². The third kappa shape index (κ3) is 2.83. The molecule has 0 spiro atoms. The molecule has 1 aromatic carbocycles. The molecule has 1 unspecified atom stereocenters. The standard InChI is InChI=1S/C13H16N4O3/c1-8(2)11(13(19)20)14-7-17-12(18)9-5-3-4-6-10(9)15-16-17/h3-6,8,11,14H,7H2,1-2H3,(H,19,20). The first-order valence-electron chi connectivity index (χ1n) is 6.29. The van der Waals surface area contributed by atoms with Crippen molar-refractivity contribution in [1.82, 2.24) is 20.3 Å². The van der Waals surface area contributed by atoms with Crippen molar-refractivity contribution < 1.29 is 9.90 Å². The van der Waals surface area contributed by atoms with Gasteiger partial charge in [-0.15, -0.1) is 5.10 Å². The van der Waals surface area contributed by atoms with E-state index in [9.17, 15) is 9.59 Å². The second-order valence-corrected chi connectivity index (χ2v) is 4.83. The Morgan fingerprint density at radius 2 is 2.10 bits per heavy atom. The van der Waals surface area contributed by atoms with Gasteiger partial charge in [-0.1, -0.05) is 31.2 Å². The molecule has 0 aliphatic heterocycles. The number of carboxylic acids is 1. The first-order valence-corrected chi connectivity index (χ1v) is 6.29. The SMILES string of the molecule is CC(C)C(NCn1nnc2ccccc2c1=O)C(=O)O. The average Bonchev–Trinajstić information content (AvgIpc) is 2.41. The maximum absolute atomic E-state index is 12.2. The second kappa shape index (κ2) is 5.79. The van der Waals surface area contributed by atoms with E-state index in [1.807, 2.05) is 0 Å². The summed E-state index contributed by atoms with van der Waals surface area (Å²) in [6, 6.07) is 6.15. The molecule has 0 fully saturated rings. The molecule has 0 aliphatic carbocycles. The quantitative estimate of drug-likeness (QED) is 0.823. The van der Waals surface area contributed by atoms with E-state index >= 15 is 0 Å². The molecule has 1 aromatic heterocycles. The summed E-state index contributed by atoms with van der Waals surface area (Å²) in [5, 5.41) is 20.1. The molecule has 2 N–H and O–H groups in total. The van der Waals surface area contributed by atoms with Crippen molar-refractivity contribution >= 4 is 16.9 Å². The Bertz CT molecular complexity index is 681. The van der Waals surface area contributed by atoms with Gasteiger partial charge < -0.3 is 5.11 Å². The second-order valence-electron chi connectivity index (χ2n) is 4.83. The van der Waals surface area contributed by atoms with Crippen LogP contribution in [0.2, 0.25) is 0 Å². The van der Waals surface area contributed by atoms with E-state index in [0.717, 1.165) is 4.68 Å². The van der Waals surface area contributed by atoms with Crippen LogP contribution in [0.4, 0.5) is 0 Å². The third-order valence-electron chi connectivity index (χ3n) is 3.02. The van der Waals surface area contributed by atoms with Crippen molar-refractivity contribution in [2.75, 3.05) is 0 Å². The lowest BCUT2D eigenvalue weighted by Gasteiger charge is -2.17. The van der Waals surface area contributed by atoms with Crippen LogP contribution in [-0.2, 0) is 11.5 Å². The molecule has 0 aliphatic rings.